The van der Waals surface area contributed by atoms with Crippen molar-refractivity contribution in [1.29, 1.82) is 0 Å². The van der Waals surface area contributed by atoms with E-state index in [0.29, 0.717) is 0 Å². The van der Waals surface area contributed by atoms with Crippen LogP contribution in [0.2, 0.25) is 0 Å². The van der Waals surface area contributed by atoms with Crippen molar-refractivity contribution in [2.45, 2.75) is 6.42 Å². The van der Waals surface area contributed by atoms with Crippen molar-refractivity contribution in [1.82, 2.24) is 0 Å². The van der Waals surface area contributed by atoms with Crippen LogP contribution >= 0.6 is 0 Å². The number of carboxylic acids is 1. The van der Waals surface area contributed by atoms with E-state index in [4.69, 9.17) is 5.11 Å². The second-order valence-electron chi connectivity index (χ2n) is 0.644. The summed E-state index contributed by atoms with van der Waals surface area (Å²) in [7, 11) is 0. The molecule has 0 amide bonds. The van der Waals surface area contributed by atoms with Gasteiger partial charge in [0, 0.05) is 0 Å². The van der Waals surface area contributed by atoms with Gasteiger partial charge in [-0.2, -0.15) is 0 Å². The minimum absolute atomic E-state index is 0. The normalized spacial score (nSPS) is 6.17. The Bertz CT molecular complexity index is 44.1. The van der Waals surface area contributed by atoms with Gasteiger partial charge in [0.25, 0.3) is 5.97 Å². The van der Waals surface area contributed by atoms with Gasteiger partial charge in [0.2, 0.25) is 0 Å². The molecule has 6 heavy (non-hydrogen) atoms. The van der Waals surface area contributed by atoms with E-state index in [0.717, 1.165) is 0 Å². The van der Waals surface area contributed by atoms with Crippen molar-refractivity contribution in [3.05, 3.63) is 6.92 Å². The van der Waals surface area contributed by atoms with Crippen LogP contribution in [0.3, 0.4) is 0 Å². The number of carboxylic acid groups (broad SMARTS) is 1. The van der Waals surface area contributed by atoms with Gasteiger partial charge < -0.3 is 12.0 Å². The molecule has 0 radical (unpaired) electrons. The summed E-state index contributed by atoms with van der Waals surface area (Å²) < 4.78 is 0. The predicted molar refractivity (Wildman–Crippen MR) is 17.6 cm³/mol. The Hall–Kier alpha value is 0.574. The van der Waals surface area contributed by atoms with Crippen LogP contribution in [0.15, 0.2) is 0 Å². The first kappa shape index (κ1) is 9.76. The quantitative estimate of drug-likeness (QED) is 0.562. The number of aliphatic carboxylic acids is 1. The second kappa shape index (κ2) is 5.57. The molecule has 0 fully saturated rings. The Kier molecular flexibility index (Phi) is 9.07. The first-order valence-corrected chi connectivity index (χ1v) is 1.28. The number of rotatable bonds is 1. The Morgan fingerprint density at radius 1 is 1.83 bits per heavy atom. The Morgan fingerprint density at radius 3 is 2.00 bits per heavy atom. The maximum Gasteiger partial charge on any atom is 3.00 e. The molecule has 0 aromatic rings. The first-order chi connectivity index (χ1) is 2.27. The molecule has 0 bridgehead atoms. The number of hydrogen-bond acceptors (Lipinski definition) is 1. The van der Waals surface area contributed by atoms with Crippen molar-refractivity contribution < 1.29 is 42.6 Å². The minimum Gasteiger partial charge on any atom is -0.483 e. The number of carbonyl (C=O) groups is 1. The van der Waals surface area contributed by atoms with Gasteiger partial charge in [-0.25, -0.2) is 0 Å². The summed E-state index contributed by atoms with van der Waals surface area (Å²) in [6.07, 6.45) is -0.0278. The van der Waals surface area contributed by atoms with Crippen LogP contribution < -0.4 is 0 Å². The third kappa shape index (κ3) is 8.82. The standard InChI is InChI=1S/C3H5O2.Y/c1-2-3(4)5;/h1-2H2,(H,4,5);/q-1;+3. The molecule has 0 aromatic carbocycles. The van der Waals surface area contributed by atoms with E-state index < -0.39 is 5.97 Å². The summed E-state index contributed by atoms with van der Waals surface area (Å²) in [5.41, 5.74) is 0. The van der Waals surface area contributed by atoms with Gasteiger partial charge in [-0.3, -0.25) is 4.79 Å². The van der Waals surface area contributed by atoms with Crippen molar-refractivity contribution in [2.24, 2.45) is 0 Å². The van der Waals surface area contributed by atoms with Crippen LogP contribution in [0, 0.1) is 6.92 Å². The molecule has 0 unspecified atom stereocenters. The molecule has 0 aliphatic heterocycles. The molecule has 30 valence electrons. The van der Waals surface area contributed by atoms with Gasteiger partial charge in [0.15, 0.2) is 0 Å². The summed E-state index contributed by atoms with van der Waals surface area (Å²) in [5.74, 6) is -0.856. The third-order valence-electron chi connectivity index (χ3n) is 0.214. The first-order valence-electron chi connectivity index (χ1n) is 1.28. The van der Waals surface area contributed by atoms with Crippen LogP contribution in [-0.2, 0) is 37.5 Å². The monoisotopic (exact) mass is 162 g/mol. The summed E-state index contributed by atoms with van der Waals surface area (Å²) in [6.45, 7) is 3.09. The molecule has 0 atom stereocenters. The molecule has 0 aromatic heterocycles. The molecule has 0 heterocycles. The average molecular weight is 162 g/mol. The maximum absolute atomic E-state index is 9.31. The fourth-order valence-corrected chi connectivity index (χ4v) is 0. The molecular weight excluding hydrogens is 157 g/mol. The van der Waals surface area contributed by atoms with Crippen molar-refractivity contribution in [3.8, 4) is 0 Å². The zero-order valence-corrected chi connectivity index (χ0v) is 6.19. The molecule has 3 heteroatoms. The molecule has 0 rings (SSSR count). The topological polar surface area (TPSA) is 37.3 Å². The van der Waals surface area contributed by atoms with Gasteiger partial charge in [-0.15, -0.1) is 0 Å². The van der Waals surface area contributed by atoms with E-state index in [9.17, 15) is 4.79 Å². The fraction of sp³-hybridized carbons (Fsp3) is 0.333. The smallest absolute Gasteiger partial charge is 0.483 e. The van der Waals surface area contributed by atoms with Gasteiger partial charge in [-0.05, 0) is 0 Å². The molecule has 0 aliphatic rings. The van der Waals surface area contributed by atoms with E-state index in [1.165, 1.54) is 0 Å². The number of hydrogen-bond donors (Lipinski definition) is 1. The largest absolute Gasteiger partial charge is 3.00 e. The van der Waals surface area contributed by atoms with Crippen molar-refractivity contribution in [2.75, 3.05) is 0 Å². The molecule has 0 spiro atoms. The molecule has 0 saturated heterocycles. The Morgan fingerprint density at radius 2 is 2.00 bits per heavy atom. The maximum atomic E-state index is 9.31. The molecule has 0 aliphatic carbocycles. The molecule has 0 saturated carbocycles. The summed E-state index contributed by atoms with van der Waals surface area (Å²) in [4.78, 5) is 9.31. The Balaban J connectivity index is 0. The van der Waals surface area contributed by atoms with Crippen LogP contribution in [0.1, 0.15) is 6.42 Å². The van der Waals surface area contributed by atoms with Crippen molar-refractivity contribution in [3.63, 3.8) is 0 Å². The van der Waals surface area contributed by atoms with E-state index in [1.54, 1.807) is 0 Å². The van der Waals surface area contributed by atoms with Gasteiger partial charge in [0.1, 0.15) is 0 Å². The van der Waals surface area contributed by atoms with E-state index in [2.05, 4.69) is 6.92 Å². The van der Waals surface area contributed by atoms with Crippen LogP contribution in [0.4, 0.5) is 0 Å². The van der Waals surface area contributed by atoms with Crippen LogP contribution in [-0.4, -0.2) is 11.1 Å². The average Bonchev–Trinajstić information content (AvgIpc) is 1.38. The third-order valence-corrected chi connectivity index (χ3v) is 0.214. The molecular formula is C3H5O2Y+2. The zero-order chi connectivity index (χ0) is 4.28. The van der Waals surface area contributed by atoms with E-state index in [-0.39, 0.29) is 39.1 Å². The summed E-state index contributed by atoms with van der Waals surface area (Å²) in [6, 6.07) is 0. The van der Waals surface area contributed by atoms with Crippen molar-refractivity contribution >= 4 is 5.97 Å². The SMILES string of the molecule is [CH2-]CC(=O)O.[Y+3]. The van der Waals surface area contributed by atoms with Gasteiger partial charge >= 0.3 is 32.7 Å². The molecule has 2 nitrogen and oxygen atoms in total. The van der Waals surface area contributed by atoms with Gasteiger partial charge in [-0.1, -0.05) is 6.42 Å². The summed E-state index contributed by atoms with van der Waals surface area (Å²) in [5, 5.41) is 7.66. The second-order valence-corrected chi connectivity index (χ2v) is 0.644. The van der Waals surface area contributed by atoms with E-state index in [1.807, 2.05) is 0 Å². The summed E-state index contributed by atoms with van der Waals surface area (Å²) >= 11 is 0. The van der Waals surface area contributed by atoms with Gasteiger partial charge in [0.05, 0.1) is 0 Å². The fourth-order valence-electron chi connectivity index (χ4n) is 0. The molecule has 1 N–H and O–H groups in total. The van der Waals surface area contributed by atoms with Crippen LogP contribution in [0.25, 0.3) is 0 Å². The minimum atomic E-state index is -0.856. The zero-order valence-electron chi connectivity index (χ0n) is 3.35. The van der Waals surface area contributed by atoms with E-state index >= 15 is 0 Å². The predicted octanol–water partition coefficient (Wildman–Crippen LogP) is 0.293. The Labute approximate surface area is 61.8 Å². The van der Waals surface area contributed by atoms with Crippen LogP contribution in [0.5, 0.6) is 0 Å².